The van der Waals surface area contributed by atoms with Gasteiger partial charge in [-0.05, 0) is 31.2 Å². The standard InChI is InChI=1S/C21H26N4O6/c1-2-29-21(28)25-10-8-15(9-11-25)24-31-20-22-18(27)17-14(5-3-4-13-6-7-13)12-16(26)30-19(17)23-20/h12-13H,2-11H2,1H3,(H,22,23,27). The van der Waals surface area contributed by atoms with Crippen LogP contribution in [-0.2, 0) is 11.2 Å². The van der Waals surface area contributed by atoms with Crippen molar-refractivity contribution in [2.75, 3.05) is 19.7 Å². The van der Waals surface area contributed by atoms with Gasteiger partial charge in [0, 0.05) is 32.0 Å². The predicted molar refractivity (Wildman–Crippen MR) is 112 cm³/mol. The maximum Gasteiger partial charge on any atom is 0.409 e. The van der Waals surface area contributed by atoms with Crippen molar-refractivity contribution in [1.82, 2.24) is 14.9 Å². The van der Waals surface area contributed by atoms with Gasteiger partial charge in [0.2, 0.25) is 5.71 Å². The second-order valence-electron chi connectivity index (χ2n) is 7.91. The summed E-state index contributed by atoms with van der Waals surface area (Å²) >= 11 is 0. The summed E-state index contributed by atoms with van der Waals surface area (Å²) in [5.74, 6) is 0.783. The summed E-state index contributed by atoms with van der Waals surface area (Å²) in [5, 5.41) is 4.32. The van der Waals surface area contributed by atoms with Crippen LogP contribution in [0.2, 0.25) is 0 Å². The lowest BCUT2D eigenvalue weighted by Crippen LogP contribution is -2.39. The SMILES string of the molecule is CCOC(=O)N1CCC(=NOc2nc3oc(=O)cc(CCCC4CC4)c3c(=O)[nH]2)CC1. The van der Waals surface area contributed by atoms with E-state index in [-0.39, 0.29) is 23.2 Å². The van der Waals surface area contributed by atoms with Gasteiger partial charge in [-0.2, -0.15) is 4.98 Å². The van der Waals surface area contributed by atoms with Gasteiger partial charge < -0.3 is 18.9 Å². The van der Waals surface area contributed by atoms with E-state index >= 15 is 0 Å². The van der Waals surface area contributed by atoms with Gasteiger partial charge in [0.25, 0.3) is 5.56 Å². The number of amides is 1. The minimum Gasteiger partial charge on any atom is -0.450 e. The van der Waals surface area contributed by atoms with Crippen molar-refractivity contribution in [3.8, 4) is 6.01 Å². The predicted octanol–water partition coefficient (Wildman–Crippen LogP) is 2.60. The van der Waals surface area contributed by atoms with Crippen LogP contribution in [0.1, 0.15) is 51.0 Å². The molecule has 1 saturated carbocycles. The summed E-state index contributed by atoms with van der Waals surface area (Å²) in [6.45, 7) is 3.04. The Kier molecular flexibility index (Phi) is 6.34. The molecule has 1 aliphatic carbocycles. The number of carbonyl (C=O) groups excluding carboxylic acids is 1. The smallest absolute Gasteiger partial charge is 0.409 e. The quantitative estimate of drug-likeness (QED) is 0.669. The number of piperidine rings is 1. The molecule has 10 heteroatoms. The third kappa shape index (κ3) is 5.31. The number of rotatable bonds is 7. The number of hydrogen-bond donors (Lipinski definition) is 1. The first-order valence-corrected chi connectivity index (χ1v) is 10.7. The summed E-state index contributed by atoms with van der Waals surface area (Å²) < 4.78 is 10.1. The number of aromatic amines is 1. The molecule has 0 aromatic carbocycles. The highest BCUT2D eigenvalue weighted by Gasteiger charge is 2.22. The van der Waals surface area contributed by atoms with Crippen LogP contribution in [0.5, 0.6) is 6.01 Å². The molecule has 0 radical (unpaired) electrons. The molecular weight excluding hydrogens is 404 g/mol. The molecule has 1 saturated heterocycles. The largest absolute Gasteiger partial charge is 0.450 e. The van der Waals surface area contributed by atoms with E-state index in [0.29, 0.717) is 44.5 Å². The molecule has 0 spiro atoms. The molecule has 2 fully saturated rings. The first kappa shape index (κ1) is 21.1. The van der Waals surface area contributed by atoms with Crippen LogP contribution in [0.15, 0.2) is 25.2 Å². The Labute approximate surface area is 178 Å². The molecule has 2 aromatic heterocycles. The Morgan fingerprint density at radius 1 is 1.32 bits per heavy atom. The number of aryl methyl sites for hydroxylation is 1. The zero-order valence-corrected chi connectivity index (χ0v) is 17.5. The number of nitrogens with one attached hydrogen (secondary N) is 1. The highest BCUT2D eigenvalue weighted by molar-refractivity contribution is 5.86. The second kappa shape index (κ2) is 9.32. The second-order valence-corrected chi connectivity index (χ2v) is 7.91. The lowest BCUT2D eigenvalue weighted by Gasteiger charge is -2.26. The summed E-state index contributed by atoms with van der Waals surface area (Å²) in [5.41, 5.74) is 0.353. The van der Waals surface area contributed by atoms with E-state index in [2.05, 4.69) is 15.1 Å². The van der Waals surface area contributed by atoms with E-state index in [1.165, 1.54) is 18.9 Å². The van der Waals surface area contributed by atoms with Gasteiger partial charge in [-0.25, -0.2) is 9.59 Å². The molecule has 1 aliphatic heterocycles. The third-order valence-electron chi connectivity index (χ3n) is 5.56. The van der Waals surface area contributed by atoms with Gasteiger partial charge >= 0.3 is 17.7 Å². The van der Waals surface area contributed by atoms with Crippen LogP contribution >= 0.6 is 0 Å². The minimum atomic E-state index is -0.546. The van der Waals surface area contributed by atoms with E-state index in [0.717, 1.165) is 24.5 Å². The van der Waals surface area contributed by atoms with Gasteiger partial charge in [-0.15, -0.1) is 0 Å². The Hall–Kier alpha value is -3.17. The van der Waals surface area contributed by atoms with Crippen molar-refractivity contribution in [3.05, 3.63) is 32.4 Å². The summed E-state index contributed by atoms with van der Waals surface area (Å²) in [6.07, 6.45) is 5.88. The first-order valence-electron chi connectivity index (χ1n) is 10.7. The Balaban J connectivity index is 1.45. The first-order chi connectivity index (χ1) is 15.0. The van der Waals surface area contributed by atoms with Crippen LogP contribution in [0.25, 0.3) is 11.1 Å². The number of carbonyl (C=O) groups is 1. The zero-order valence-electron chi connectivity index (χ0n) is 17.5. The molecule has 10 nitrogen and oxygen atoms in total. The van der Waals surface area contributed by atoms with Crippen LogP contribution in [-0.4, -0.2) is 46.4 Å². The molecule has 0 unspecified atom stereocenters. The van der Waals surface area contributed by atoms with E-state index in [4.69, 9.17) is 14.0 Å². The number of nitrogens with zero attached hydrogens (tertiary/aromatic N) is 3. The highest BCUT2D eigenvalue weighted by Crippen LogP contribution is 2.34. The fraction of sp³-hybridized carbons (Fsp3) is 0.571. The Morgan fingerprint density at radius 3 is 2.81 bits per heavy atom. The number of oxime groups is 1. The minimum absolute atomic E-state index is 0.0509. The average Bonchev–Trinajstić information content (AvgIpc) is 3.56. The van der Waals surface area contributed by atoms with Crippen molar-refractivity contribution in [3.63, 3.8) is 0 Å². The molecule has 3 heterocycles. The lowest BCUT2D eigenvalue weighted by molar-refractivity contribution is 0.107. The summed E-state index contributed by atoms with van der Waals surface area (Å²) in [4.78, 5) is 49.9. The Bertz CT molecular complexity index is 1090. The van der Waals surface area contributed by atoms with Crippen LogP contribution < -0.4 is 16.0 Å². The molecule has 2 aromatic rings. The van der Waals surface area contributed by atoms with Crippen molar-refractivity contribution < 1.29 is 18.8 Å². The molecule has 2 aliphatic rings. The van der Waals surface area contributed by atoms with Gasteiger partial charge in [0.15, 0.2) is 0 Å². The number of aromatic nitrogens is 2. The molecule has 1 amide bonds. The molecule has 1 N–H and O–H groups in total. The van der Waals surface area contributed by atoms with Crippen molar-refractivity contribution in [2.24, 2.45) is 11.1 Å². The van der Waals surface area contributed by atoms with E-state index in [9.17, 15) is 14.4 Å². The van der Waals surface area contributed by atoms with Gasteiger partial charge in [0.1, 0.15) is 5.39 Å². The highest BCUT2D eigenvalue weighted by atomic mass is 16.6. The molecule has 166 valence electrons. The van der Waals surface area contributed by atoms with Crippen molar-refractivity contribution in [1.29, 1.82) is 0 Å². The third-order valence-corrected chi connectivity index (χ3v) is 5.56. The summed E-state index contributed by atoms with van der Waals surface area (Å²) in [6, 6.07) is 1.22. The van der Waals surface area contributed by atoms with E-state index in [1.807, 2.05) is 0 Å². The molecular formula is C21H26N4O6. The topological polar surface area (TPSA) is 127 Å². The van der Waals surface area contributed by atoms with Gasteiger partial charge in [0.05, 0.1) is 12.3 Å². The van der Waals surface area contributed by atoms with Gasteiger partial charge in [-0.1, -0.05) is 24.4 Å². The van der Waals surface area contributed by atoms with Crippen LogP contribution in [0, 0.1) is 5.92 Å². The maximum atomic E-state index is 12.6. The Morgan fingerprint density at radius 2 is 2.10 bits per heavy atom. The number of ether oxygens (including phenoxy) is 1. The molecule has 31 heavy (non-hydrogen) atoms. The molecule has 0 atom stereocenters. The average molecular weight is 430 g/mol. The van der Waals surface area contributed by atoms with E-state index in [1.54, 1.807) is 11.8 Å². The normalized spacial score (nSPS) is 16.4. The van der Waals surface area contributed by atoms with E-state index < -0.39 is 11.2 Å². The fourth-order valence-electron chi connectivity index (χ4n) is 3.72. The number of fused-ring (bicyclic) bond motifs is 1. The lowest BCUT2D eigenvalue weighted by atomic mass is 10.1. The monoisotopic (exact) mass is 430 g/mol. The van der Waals surface area contributed by atoms with Crippen LogP contribution in [0.4, 0.5) is 4.79 Å². The zero-order chi connectivity index (χ0) is 21.8. The van der Waals surface area contributed by atoms with Crippen molar-refractivity contribution >= 4 is 22.9 Å². The number of H-pyrrole nitrogens is 1. The number of hydrogen-bond acceptors (Lipinski definition) is 8. The van der Waals surface area contributed by atoms with Crippen LogP contribution in [0.3, 0.4) is 0 Å². The molecule has 4 rings (SSSR count). The summed E-state index contributed by atoms with van der Waals surface area (Å²) in [7, 11) is 0. The van der Waals surface area contributed by atoms with Crippen molar-refractivity contribution in [2.45, 2.75) is 51.9 Å². The number of likely N-dealkylation sites (tertiary alicyclic amines) is 1. The maximum absolute atomic E-state index is 12.6. The fourth-order valence-corrected chi connectivity index (χ4v) is 3.72. The van der Waals surface area contributed by atoms with Gasteiger partial charge in [-0.3, -0.25) is 9.78 Å². The molecule has 0 bridgehead atoms.